The van der Waals surface area contributed by atoms with Crippen molar-refractivity contribution in [1.29, 1.82) is 0 Å². The van der Waals surface area contributed by atoms with Crippen LogP contribution in [0.3, 0.4) is 0 Å². The van der Waals surface area contributed by atoms with Crippen LogP contribution in [-0.2, 0) is 19.1 Å². The van der Waals surface area contributed by atoms with E-state index in [2.05, 4.69) is 0 Å². The van der Waals surface area contributed by atoms with Crippen molar-refractivity contribution < 1.29 is 19.1 Å². The summed E-state index contributed by atoms with van der Waals surface area (Å²) in [5.41, 5.74) is 22.8. The standard InChI is InChI=1S/C28H58N4O4/c29-23-17-13-9-5-1-3-7-11-15-19-25(31)35-27(33)21-22-28(34)36-26(32)20-16-12-8-4-2-6-10-14-18-24-30/h25-26H,1-24,29-32H2. The first-order chi connectivity index (χ1) is 17.5. The molecule has 0 fully saturated rings. The topological polar surface area (TPSA) is 157 Å². The van der Waals surface area contributed by atoms with Gasteiger partial charge in [-0.2, -0.15) is 0 Å². The van der Waals surface area contributed by atoms with Crippen LogP contribution in [0.5, 0.6) is 0 Å². The van der Waals surface area contributed by atoms with Crippen LogP contribution < -0.4 is 22.9 Å². The Morgan fingerprint density at radius 2 is 0.694 bits per heavy atom. The van der Waals surface area contributed by atoms with Gasteiger partial charge in [0.1, 0.15) is 0 Å². The molecule has 214 valence electrons. The Morgan fingerprint density at radius 1 is 0.444 bits per heavy atom. The van der Waals surface area contributed by atoms with E-state index < -0.39 is 24.4 Å². The summed E-state index contributed by atoms with van der Waals surface area (Å²) in [6.45, 7) is 1.58. The number of carbonyl (C=O) groups is 2. The number of nitrogens with two attached hydrogens (primary N) is 4. The molecule has 0 saturated heterocycles. The van der Waals surface area contributed by atoms with Crippen molar-refractivity contribution in [2.75, 3.05) is 13.1 Å². The zero-order valence-corrected chi connectivity index (χ0v) is 23.1. The lowest BCUT2D eigenvalue weighted by Gasteiger charge is -2.14. The molecule has 8 N–H and O–H groups in total. The van der Waals surface area contributed by atoms with Crippen LogP contribution in [-0.4, -0.2) is 37.5 Å². The van der Waals surface area contributed by atoms with Crippen molar-refractivity contribution >= 4 is 11.9 Å². The number of rotatable bonds is 27. The minimum Gasteiger partial charge on any atom is -0.447 e. The molecule has 8 heteroatoms. The molecular formula is C28H58N4O4. The molecule has 0 aromatic heterocycles. The van der Waals surface area contributed by atoms with Gasteiger partial charge in [0.05, 0.1) is 12.8 Å². The number of hydrogen-bond acceptors (Lipinski definition) is 8. The van der Waals surface area contributed by atoms with Crippen LogP contribution in [0.25, 0.3) is 0 Å². The fraction of sp³-hybridized carbons (Fsp3) is 0.929. The average molecular weight is 515 g/mol. The van der Waals surface area contributed by atoms with E-state index in [-0.39, 0.29) is 12.8 Å². The van der Waals surface area contributed by atoms with Crippen LogP contribution in [0.1, 0.15) is 141 Å². The summed E-state index contributed by atoms with van der Waals surface area (Å²) in [6, 6.07) is 0. The molecule has 0 bridgehead atoms. The number of esters is 2. The summed E-state index contributed by atoms with van der Waals surface area (Å²) >= 11 is 0. The van der Waals surface area contributed by atoms with Gasteiger partial charge in [0.2, 0.25) is 0 Å². The van der Waals surface area contributed by atoms with Crippen molar-refractivity contribution in [3.8, 4) is 0 Å². The fourth-order valence-corrected chi connectivity index (χ4v) is 4.23. The summed E-state index contributed by atoms with van der Waals surface area (Å²) in [6.07, 6.45) is 21.2. The largest absolute Gasteiger partial charge is 0.447 e. The molecule has 0 spiro atoms. The Labute approximate surface area is 221 Å². The molecule has 0 aliphatic heterocycles. The van der Waals surface area contributed by atoms with Gasteiger partial charge in [-0.3, -0.25) is 21.1 Å². The minimum absolute atomic E-state index is 0.0330. The monoisotopic (exact) mass is 514 g/mol. The summed E-state index contributed by atoms with van der Waals surface area (Å²) in [7, 11) is 0. The zero-order valence-electron chi connectivity index (χ0n) is 23.1. The highest BCUT2D eigenvalue weighted by Crippen LogP contribution is 2.13. The summed E-state index contributed by atoms with van der Waals surface area (Å²) in [5, 5.41) is 0. The summed E-state index contributed by atoms with van der Waals surface area (Å²) < 4.78 is 10.4. The van der Waals surface area contributed by atoms with Crippen molar-refractivity contribution in [2.45, 2.75) is 154 Å². The Hall–Kier alpha value is -1.22. The third kappa shape index (κ3) is 25.9. The molecule has 0 amide bonds. The van der Waals surface area contributed by atoms with Gasteiger partial charge >= 0.3 is 11.9 Å². The van der Waals surface area contributed by atoms with Crippen LogP contribution in [0.4, 0.5) is 0 Å². The lowest BCUT2D eigenvalue weighted by molar-refractivity contribution is -0.156. The Bertz CT molecular complexity index is 464. The predicted molar refractivity (Wildman–Crippen MR) is 148 cm³/mol. The lowest BCUT2D eigenvalue weighted by Crippen LogP contribution is -2.29. The first-order valence-electron chi connectivity index (χ1n) is 14.8. The van der Waals surface area contributed by atoms with Gasteiger partial charge in [-0.05, 0) is 51.6 Å². The van der Waals surface area contributed by atoms with Gasteiger partial charge < -0.3 is 20.9 Å². The highest BCUT2D eigenvalue weighted by molar-refractivity contribution is 5.77. The van der Waals surface area contributed by atoms with Gasteiger partial charge in [-0.1, -0.05) is 89.9 Å². The SMILES string of the molecule is NCCCCCCCCCCCC(N)OC(=O)CCC(=O)OC(N)CCCCCCCCCCCN. The van der Waals surface area contributed by atoms with E-state index in [4.69, 9.17) is 32.4 Å². The highest BCUT2D eigenvalue weighted by atomic mass is 16.6. The van der Waals surface area contributed by atoms with Crippen LogP contribution in [0.15, 0.2) is 0 Å². The van der Waals surface area contributed by atoms with Crippen molar-refractivity contribution in [3.05, 3.63) is 0 Å². The predicted octanol–water partition coefficient (Wildman–Crippen LogP) is 5.14. The van der Waals surface area contributed by atoms with Crippen molar-refractivity contribution in [1.82, 2.24) is 0 Å². The second-order valence-electron chi connectivity index (χ2n) is 10.1. The summed E-state index contributed by atoms with van der Waals surface area (Å²) in [5.74, 6) is -0.929. The first kappa shape index (κ1) is 34.8. The van der Waals surface area contributed by atoms with Gasteiger partial charge in [0, 0.05) is 0 Å². The molecule has 2 unspecified atom stereocenters. The molecule has 36 heavy (non-hydrogen) atoms. The van der Waals surface area contributed by atoms with Crippen LogP contribution in [0.2, 0.25) is 0 Å². The number of unbranched alkanes of at least 4 members (excludes halogenated alkanes) is 16. The van der Waals surface area contributed by atoms with E-state index in [1.807, 2.05) is 0 Å². The number of ether oxygens (including phenoxy) is 2. The molecule has 0 aliphatic rings. The molecule has 0 saturated carbocycles. The Morgan fingerprint density at radius 3 is 0.972 bits per heavy atom. The molecule has 0 radical (unpaired) electrons. The zero-order chi connectivity index (χ0) is 26.7. The molecular weight excluding hydrogens is 456 g/mol. The van der Waals surface area contributed by atoms with E-state index in [0.29, 0.717) is 12.8 Å². The van der Waals surface area contributed by atoms with E-state index >= 15 is 0 Å². The van der Waals surface area contributed by atoms with E-state index in [1.54, 1.807) is 0 Å². The maximum Gasteiger partial charge on any atom is 0.307 e. The molecule has 0 aliphatic carbocycles. The third-order valence-corrected chi connectivity index (χ3v) is 6.48. The minimum atomic E-state index is -0.613. The smallest absolute Gasteiger partial charge is 0.307 e. The van der Waals surface area contributed by atoms with Crippen molar-refractivity contribution in [2.24, 2.45) is 22.9 Å². The maximum atomic E-state index is 11.9. The Balaban J connectivity index is 3.57. The fourth-order valence-electron chi connectivity index (χ4n) is 4.23. The third-order valence-electron chi connectivity index (χ3n) is 6.48. The molecule has 0 aromatic carbocycles. The average Bonchev–Trinajstić information content (AvgIpc) is 2.85. The normalized spacial score (nSPS) is 12.9. The van der Waals surface area contributed by atoms with Crippen LogP contribution >= 0.6 is 0 Å². The van der Waals surface area contributed by atoms with Gasteiger partial charge in [-0.25, -0.2) is 0 Å². The molecule has 0 rings (SSSR count). The molecule has 8 nitrogen and oxygen atoms in total. The molecule has 2 atom stereocenters. The van der Waals surface area contributed by atoms with E-state index in [0.717, 1.165) is 51.6 Å². The molecule has 0 heterocycles. The van der Waals surface area contributed by atoms with Gasteiger partial charge in [0.15, 0.2) is 12.5 Å². The van der Waals surface area contributed by atoms with Crippen molar-refractivity contribution in [3.63, 3.8) is 0 Å². The van der Waals surface area contributed by atoms with Gasteiger partial charge in [-0.15, -0.1) is 0 Å². The summed E-state index contributed by atoms with van der Waals surface area (Å²) in [4.78, 5) is 23.9. The lowest BCUT2D eigenvalue weighted by atomic mass is 10.1. The number of hydrogen-bond donors (Lipinski definition) is 4. The van der Waals surface area contributed by atoms with Crippen LogP contribution in [0, 0.1) is 0 Å². The van der Waals surface area contributed by atoms with E-state index in [9.17, 15) is 9.59 Å². The van der Waals surface area contributed by atoms with Gasteiger partial charge in [0.25, 0.3) is 0 Å². The Kier molecular flexibility index (Phi) is 25.9. The quantitative estimate of drug-likeness (QED) is 0.0666. The van der Waals surface area contributed by atoms with E-state index in [1.165, 1.54) is 77.0 Å². The second kappa shape index (κ2) is 26.8. The second-order valence-corrected chi connectivity index (χ2v) is 10.1. The number of carbonyl (C=O) groups excluding carboxylic acids is 2. The highest BCUT2D eigenvalue weighted by Gasteiger charge is 2.15. The maximum absolute atomic E-state index is 11.9. The first-order valence-corrected chi connectivity index (χ1v) is 14.8. The molecule has 0 aromatic rings.